The van der Waals surface area contributed by atoms with Crippen molar-refractivity contribution in [2.45, 2.75) is 78.2 Å². The first-order chi connectivity index (χ1) is 24.7. The maximum Gasteiger partial charge on any atom is 0.419 e. The Hall–Kier alpha value is -4.74. The molecule has 0 aliphatic carbocycles. The van der Waals surface area contributed by atoms with E-state index in [1.165, 1.54) is 59.8 Å². The minimum absolute atomic E-state index is 0. The van der Waals surface area contributed by atoms with Crippen LogP contribution in [0, 0.1) is 5.92 Å². The highest BCUT2D eigenvalue weighted by Gasteiger charge is 2.36. The number of alkyl halides is 3. The minimum atomic E-state index is -4.68. The molecule has 0 bridgehead atoms. The Balaban J connectivity index is 0.00000784. The van der Waals surface area contributed by atoms with Crippen LogP contribution in [0.3, 0.4) is 0 Å². The quantitative estimate of drug-likeness (QED) is 0.139. The Kier molecular flexibility index (Phi) is 14.2. The second-order valence-electron chi connectivity index (χ2n) is 12.9. The molecule has 54 heavy (non-hydrogen) atoms. The first-order valence-electron chi connectivity index (χ1n) is 16.5. The van der Waals surface area contributed by atoms with Gasteiger partial charge in [-0.15, -0.1) is 19.0 Å². The van der Waals surface area contributed by atoms with E-state index in [0.717, 1.165) is 6.07 Å². The lowest BCUT2D eigenvalue weighted by molar-refractivity contribution is -0.168. The summed E-state index contributed by atoms with van der Waals surface area (Å²) >= 11 is 2.90. The van der Waals surface area contributed by atoms with Crippen LogP contribution in [0.25, 0.3) is 5.69 Å². The van der Waals surface area contributed by atoms with Gasteiger partial charge >= 0.3 is 18.2 Å². The highest BCUT2D eigenvalue weighted by molar-refractivity contribution is 9.10. The van der Waals surface area contributed by atoms with Gasteiger partial charge in [0.25, 0.3) is 17.4 Å². The van der Waals surface area contributed by atoms with Crippen LogP contribution >= 0.6 is 28.3 Å². The number of hydrogen-bond acceptors (Lipinski definition) is 10. The van der Waals surface area contributed by atoms with Crippen LogP contribution in [0.1, 0.15) is 72.2 Å². The fourth-order valence-electron chi connectivity index (χ4n) is 5.36. The van der Waals surface area contributed by atoms with Crippen molar-refractivity contribution in [2.75, 3.05) is 12.4 Å². The third-order valence-corrected chi connectivity index (χ3v) is 9.29. The average Bonchev–Trinajstić information content (AvgIpc) is 3.10. The Labute approximate surface area is 324 Å². The molecule has 0 radical (unpaired) electrons. The molecule has 0 saturated heterocycles. The number of nitrogens with zero attached hydrogens (tertiary/aromatic N) is 4. The first kappa shape index (κ1) is 43.7. The number of aromatic nitrogens is 2. The van der Waals surface area contributed by atoms with Gasteiger partial charge in [-0.2, -0.15) is 13.2 Å². The standard InChI is InChI=1S/C36H40BrF3N6O7.ClH/c1-8-19(4)42-34-43-28-17-45(31(48)23-11-14-27(37)26(16-23)36(38,39)40)20(5)15-25(28)32(49)46(34)24-12-9-22(10-13-24)30(47)44(7)35(51)53-21(6)52-33(50)29(41)18(2)3;/h8-14,16,18-21,29H,1,15,17,41H2,2-7H3,(H,42,43);1H/t19-,20+,21+,29-;/m0./s1. The number of nitrogens with two attached hydrogens (primary N) is 1. The Morgan fingerprint density at radius 2 is 1.69 bits per heavy atom. The van der Waals surface area contributed by atoms with E-state index >= 15 is 0 Å². The minimum Gasteiger partial charge on any atom is -0.424 e. The van der Waals surface area contributed by atoms with Gasteiger partial charge in [0, 0.05) is 47.2 Å². The van der Waals surface area contributed by atoms with Crippen molar-refractivity contribution < 1.29 is 41.8 Å². The number of rotatable bonds is 10. The summed E-state index contributed by atoms with van der Waals surface area (Å²) in [5.41, 5.74) is 5.10. The maximum absolute atomic E-state index is 14.1. The topological polar surface area (TPSA) is 166 Å². The van der Waals surface area contributed by atoms with Gasteiger partial charge in [-0.1, -0.05) is 35.9 Å². The SMILES string of the molecule is C=C[C@H](C)Nc1nc2c(c(=O)n1-c1ccc(C(=O)N(C)C(=O)O[C@H](C)OC(=O)[C@@H](N)C(C)C)cc1)C[C@@H](C)N(C(=O)c1ccc(Br)c(C(F)(F)F)c1)C2.Cl. The molecule has 4 rings (SSSR count). The van der Waals surface area contributed by atoms with Crippen LogP contribution < -0.4 is 16.6 Å². The van der Waals surface area contributed by atoms with E-state index in [1.54, 1.807) is 33.8 Å². The zero-order chi connectivity index (χ0) is 39.5. The van der Waals surface area contributed by atoms with Crippen LogP contribution in [0.2, 0.25) is 0 Å². The van der Waals surface area contributed by atoms with E-state index in [2.05, 4.69) is 32.8 Å². The van der Waals surface area contributed by atoms with Crippen molar-refractivity contribution >= 4 is 58.2 Å². The van der Waals surface area contributed by atoms with E-state index in [0.29, 0.717) is 16.2 Å². The molecule has 3 amide bonds. The van der Waals surface area contributed by atoms with Crippen molar-refractivity contribution in [3.05, 3.63) is 97.9 Å². The number of ether oxygens (including phenoxy) is 2. The third-order valence-electron chi connectivity index (χ3n) is 8.59. The summed E-state index contributed by atoms with van der Waals surface area (Å²) < 4.78 is 52.0. The molecule has 1 aliphatic heterocycles. The number of imide groups is 1. The number of fused-ring (bicyclic) bond motifs is 1. The second kappa shape index (κ2) is 17.6. The Morgan fingerprint density at radius 1 is 1.07 bits per heavy atom. The summed E-state index contributed by atoms with van der Waals surface area (Å²) in [4.78, 5) is 72.3. The van der Waals surface area contributed by atoms with Crippen LogP contribution in [0.4, 0.5) is 23.9 Å². The van der Waals surface area contributed by atoms with E-state index in [1.807, 2.05) is 0 Å². The smallest absolute Gasteiger partial charge is 0.419 e. The monoisotopic (exact) mass is 840 g/mol. The van der Waals surface area contributed by atoms with Gasteiger partial charge in [0.1, 0.15) is 6.04 Å². The number of anilines is 1. The number of nitrogens with one attached hydrogen (secondary N) is 1. The lowest BCUT2D eigenvalue weighted by Crippen LogP contribution is -2.46. The molecule has 18 heteroatoms. The fourth-order valence-corrected chi connectivity index (χ4v) is 5.83. The summed E-state index contributed by atoms with van der Waals surface area (Å²) in [7, 11) is 1.19. The Morgan fingerprint density at radius 3 is 2.26 bits per heavy atom. The molecule has 3 aromatic rings. The summed E-state index contributed by atoms with van der Waals surface area (Å²) in [6.45, 7) is 11.8. The van der Waals surface area contributed by atoms with Gasteiger partial charge in [0.15, 0.2) is 0 Å². The maximum atomic E-state index is 14.1. The van der Waals surface area contributed by atoms with Gasteiger partial charge in [-0.05, 0) is 68.7 Å². The predicted octanol–water partition coefficient (Wildman–Crippen LogP) is 6.09. The van der Waals surface area contributed by atoms with Gasteiger partial charge in [0.2, 0.25) is 12.2 Å². The number of esters is 1. The lowest BCUT2D eigenvalue weighted by Gasteiger charge is -2.35. The molecule has 1 aliphatic rings. The van der Waals surface area contributed by atoms with Crippen LogP contribution in [0.5, 0.6) is 0 Å². The predicted molar refractivity (Wildman–Crippen MR) is 199 cm³/mol. The van der Waals surface area contributed by atoms with Gasteiger partial charge < -0.3 is 25.4 Å². The fraction of sp³-hybridized carbons (Fsp3) is 0.389. The van der Waals surface area contributed by atoms with Crippen LogP contribution in [0.15, 0.2) is 64.4 Å². The second-order valence-corrected chi connectivity index (χ2v) is 13.8. The molecular formula is C36H41BrClF3N6O7. The van der Waals surface area contributed by atoms with Gasteiger partial charge in [-0.25, -0.2) is 19.2 Å². The van der Waals surface area contributed by atoms with Crippen molar-refractivity contribution in [2.24, 2.45) is 11.7 Å². The highest BCUT2D eigenvalue weighted by Crippen LogP contribution is 2.36. The summed E-state index contributed by atoms with van der Waals surface area (Å²) in [6, 6.07) is 7.14. The molecule has 1 aromatic heterocycles. The van der Waals surface area contributed by atoms with E-state index in [4.69, 9.17) is 15.2 Å². The first-order valence-corrected chi connectivity index (χ1v) is 17.3. The highest BCUT2D eigenvalue weighted by atomic mass is 79.9. The molecular weight excluding hydrogens is 801 g/mol. The molecule has 0 unspecified atom stereocenters. The summed E-state index contributed by atoms with van der Waals surface area (Å²) in [6.07, 6.45) is -5.44. The molecule has 0 saturated carbocycles. The molecule has 0 fully saturated rings. The number of carbonyl (C=O) groups excluding carboxylic acids is 4. The largest absolute Gasteiger partial charge is 0.424 e. The van der Waals surface area contributed by atoms with Crippen molar-refractivity contribution in [3.63, 3.8) is 0 Å². The molecule has 3 N–H and O–H groups in total. The number of halogens is 5. The number of amides is 3. The molecule has 2 aromatic carbocycles. The number of carbonyl (C=O) groups is 4. The van der Waals surface area contributed by atoms with E-state index < -0.39 is 59.5 Å². The van der Waals surface area contributed by atoms with Gasteiger partial charge in [-0.3, -0.25) is 19.2 Å². The lowest BCUT2D eigenvalue weighted by atomic mass is 9.98. The molecule has 2 heterocycles. The van der Waals surface area contributed by atoms with E-state index in [-0.39, 0.29) is 64.6 Å². The van der Waals surface area contributed by atoms with Crippen molar-refractivity contribution in [1.29, 1.82) is 0 Å². The van der Waals surface area contributed by atoms with Crippen molar-refractivity contribution in [1.82, 2.24) is 19.4 Å². The normalized spacial score (nSPS) is 15.6. The van der Waals surface area contributed by atoms with Crippen molar-refractivity contribution in [3.8, 4) is 5.69 Å². The summed E-state index contributed by atoms with van der Waals surface area (Å²) in [5, 5.41) is 3.10. The zero-order valence-corrected chi connectivity index (χ0v) is 32.7. The Bertz CT molecular complexity index is 1980. The van der Waals surface area contributed by atoms with Gasteiger partial charge in [0.05, 0.1) is 23.5 Å². The zero-order valence-electron chi connectivity index (χ0n) is 30.3. The third kappa shape index (κ3) is 9.67. The molecule has 13 nitrogen and oxygen atoms in total. The molecule has 0 spiro atoms. The number of hydrogen-bond donors (Lipinski definition) is 2. The molecule has 4 atom stereocenters. The molecule has 292 valence electrons. The van der Waals surface area contributed by atoms with Crippen LogP contribution in [-0.2, 0) is 33.4 Å². The van der Waals surface area contributed by atoms with E-state index in [9.17, 15) is 37.1 Å². The summed E-state index contributed by atoms with van der Waals surface area (Å²) in [5.74, 6) is -2.29. The van der Waals surface area contributed by atoms with Crippen LogP contribution in [-0.4, -0.2) is 74.7 Å². The average molecular weight is 842 g/mol. The number of benzene rings is 2.